The van der Waals surface area contributed by atoms with Crippen LogP contribution in [0.3, 0.4) is 0 Å². The number of nitrogens with one attached hydrogen (secondary N) is 1. The number of hydrogen-bond donors (Lipinski definition) is 1. The SMILES string of the molecule is CC1=CCCN(c2nccc(CNC3CC3)c2F)C1. The lowest BCUT2D eigenvalue weighted by atomic mass is 10.1. The minimum Gasteiger partial charge on any atom is -0.350 e. The van der Waals surface area contributed by atoms with Crippen LogP contribution >= 0.6 is 0 Å². The Balaban J connectivity index is 1.76. The number of pyridine rings is 1. The smallest absolute Gasteiger partial charge is 0.170 e. The lowest BCUT2D eigenvalue weighted by Gasteiger charge is -2.28. The van der Waals surface area contributed by atoms with Crippen molar-refractivity contribution in [3.63, 3.8) is 0 Å². The quantitative estimate of drug-likeness (QED) is 0.845. The van der Waals surface area contributed by atoms with E-state index in [2.05, 4.69) is 23.3 Å². The Morgan fingerprint density at radius 3 is 3.05 bits per heavy atom. The van der Waals surface area contributed by atoms with Crippen molar-refractivity contribution in [2.75, 3.05) is 18.0 Å². The fourth-order valence-corrected chi connectivity index (χ4v) is 2.46. The van der Waals surface area contributed by atoms with Crippen molar-refractivity contribution in [1.82, 2.24) is 10.3 Å². The lowest BCUT2D eigenvalue weighted by molar-refractivity contribution is 0.574. The first-order valence-corrected chi connectivity index (χ1v) is 7.01. The van der Waals surface area contributed by atoms with Crippen molar-refractivity contribution in [2.24, 2.45) is 0 Å². The average molecular weight is 261 g/mol. The highest BCUT2D eigenvalue weighted by Gasteiger charge is 2.22. The van der Waals surface area contributed by atoms with Gasteiger partial charge in [-0.1, -0.05) is 11.6 Å². The van der Waals surface area contributed by atoms with Crippen LogP contribution < -0.4 is 10.2 Å². The van der Waals surface area contributed by atoms with Gasteiger partial charge in [-0.2, -0.15) is 0 Å². The Morgan fingerprint density at radius 1 is 1.47 bits per heavy atom. The van der Waals surface area contributed by atoms with Crippen LogP contribution in [0.2, 0.25) is 0 Å². The molecule has 19 heavy (non-hydrogen) atoms. The molecule has 1 aliphatic heterocycles. The van der Waals surface area contributed by atoms with Crippen molar-refractivity contribution in [3.05, 3.63) is 35.3 Å². The topological polar surface area (TPSA) is 28.2 Å². The van der Waals surface area contributed by atoms with Crippen molar-refractivity contribution in [2.45, 2.75) is 38.8 Å². The number of anilines is 1. The van der Waals surface area contributed by atoms with Gasteiger partial charge in [-0.05, 0) is 32.3 Å². The summed E-state index contributed by atoms with van der Waals surface area (Å²) in [7, 11) is 0. The van der Waals surface area contributed by atoms with Crippen LogP contribution in [0, 0.1) is 5.82 Å². The standard InChI is InChI=1S/C15H20FN3/c1-11-3-2-8-19(10-11)15-14(16)12(6-7-17-15)9-18-13-4-5-13/h3,6-7,13,18H,2,4-5,8-10H2,1H3. The largest absolute Gasteiger partial charge is 0.350 e. The molecule has 3 rings (SSSR count). The Hall–Kier alpha value is -1.42. The molecule has 0 bridgehead atoms. The minimum atomic E-state index is -0.162. The molecule has 3 nitrogen and oxygen atoms in total. The van der Waals surface area contributed by atoms with Crippen LogP contribution in [-0.2, 0) is 6.54 Å². The first-order chi connectivity index (χ1) is 9.24. The van der Waals surface area contributed by atoms with Crippen LogP contribution in [0.1, 0.15) is 31.7 Å². The molecule has 102 valence electrons. The molecule has 2 heterocycles. The van der Waals surface area contributed by atoms with Crippen LogP contribution in [0.4, 0.5) is 10.2 Å². The number of halogens is 1. The Labute approximate surface area is 113 Å². The monoisotopic (exact) mass is 261 g/mol. The Bertz CT molecular complexity index is 494. The van der Waals surface area contributed by atoms with Crippen LogP contribution in [0.25, 0.3) is 0 Å². The van der Waals surface area contributed by atoms with Crippen molar-refractivity contribution < 1.29 is 4.39 Å². The van der Waals surface area contributed by atoms with Gasteiger partial charge in [0.1, 0.15) is 0 Å². The maximum atomic E-state index is 14.5. The molecule has 0 atom stereocenters. The number of aromatic nitrogens is 1. The van der Waals surface area contributed by atoms with Gasteiger partial charge in [-0.15, -0.1) is 0 Å². The van der Waals surface area contributed by atoms with E-state index in [0.29, 0.717) is 18.4 Å². The molecule has 0 amide bonds. The third kappa shape index (κ3) is 2.95. The first-order valence-electron chi connectivity index (χ1n) is 7.01. The van der Waals surface area contributed by atoms with E-state index < -0.39 is 0 Å². The van der Waals surface area contributed by atoms with E-state index in [-0.39, 0.29) is 5.82 Å². The Morgan fingerprint density at radius 2 is 2.32 bits per heavy atom. The maximum absolute atomic E-state index is 14.5. The molecule has 0 radical (unpaired) electrons. The highest BCUT2D eigenvalue weighted by molar-refractivity contribution is 5.45. The average Bonchev–Trinajstić information content (AvgIpc) is 3.22. The molecule has 1 fully saturated rings. The highest BCUT2D eigenvalue weighted by atomic mass is 19.1. The molecule has 1 aromatic heterocycles. The number of rotatable bonds is 4. The van der Waals surface area contributed by atoms with E-state index in [9.17, 15) is 4.39 Å². The number of nitrogens with zero attached hydrogens (tertiary/aromatic N) is 2. The molecule has 2 aliphatic rings. The molecule has 0 unspecified atom stereocenters. The molecule has 0 spiro atoms. The van der Waals surface area contributed by atoms with E-state index in [1.54, 1.807) is 12.3 Å². The fraction of sp³-hybridized carbons (Fsp3) is 0.533. The summed E-state index contributed by atoms with van der Waals surface area (Å²) in [6.07, 6.45) is 7.34. The molecular weight excluding hydrogens is 241 g/mol. The molecule has 1 aliphatic carbocycles. The van der Waals surface area contributed by atoms with Crippen LogP contribution in [0.15, 0.2) is 23.9 Å². The van der Waals surface area contributed by atoms with Crippen molar-refractivity contribution >= 4 is 5.82 Å². The summed E-state index contributed by atoms with van der Waals surface area (Å²) in [5, 5.41) is 3.35. The molecule has 0 aromatic carbocycles. The van der Waals surface area contributed by atoms with Gasteiger partial charge in [0.25, 0.3) is 0 Å². The predicted molar refractivity (Wildman–Crippen MR) is 74.6 cm³/mol. The maximum Gasteiger partial charge on any atom is 0.170 e. The van der Waals surface area contributed by atoms with Gasteiger partial charge >= 0.3 is 0 Å². The van der Waals surface area contributed by atoms with Gasteiger partial charge in [0.2, 0.25) is 0 Å². The molecule has 4 heteroatoms. The fourth-order valence-electron chi connectivity index (χ4n) is 2.46. The van der Waals surface area contributed by atoms with Gasteiger partial charge < -0.3 is 10.2 Å². The summed E-state index contributed by atoms with van der Waals surface area (Å²) in [6.45, 7) is 4.32. The van der Waals surface area contributed by atoms with Crippen LogP contribution in [0.5, 0.6) is 0 Å². The van der Waals surface area contributed by atoms with Gasteiger partial charge in [0, 0.05) is 37.4 Å². The van der Waals surface area contributed by atoms with E-state index >= 15 is 0 Å². The zero-order chi connectivity index (χ0) is 13.2. The molecule has 0 saturated heterocycles. The molecular formula is C15H20FN3. The molecule has 1 N–H and O–H groups in total. The highest BCUT2D eigenvalue weighted by Crippen LogP contribution is 2.24. The zero-order valence-electron chi connectivity index (χ0n) is 11.3. The van der Waals surface area contributed by atoms with E-state index in [1.807, 2.05) is 4.90 Å². The van der Waals surface area contributed by atoms with Gasteiger partial charge in [-0.25, -0.2) is 9.37 Å². The summed E-state index contributed by atoms with van der Waals surface area (Å²) in [4.78, 5) is 6.27. The summed E-state index contributed by atoms with van der Waals surface area (Å²) in [5.41, 5.74) is 2.01. The molecule has 1 aromatic rings. The normalized spacial score (nSPS) is 19.5. The van der Waals surface area contributed by atoms with E-state index in [0.717, 1.165) is 25.1 Å². The second kappa shape index (κ2) is 5.29. The van der Waals surface area contributed by atoms with Crippen molar-refractivity contribution in [3.8, 4) is 0 Å². The minimum absolute atomic E-state index is 0.162. The summed E-state index contributed by atoms with van der Waals surface area (Å²) >= 11 is 0. The van der Waals surface area contributed by atoms with E-state index in [1.165, 1.54) is 18.4 Å². The van der Waals surface area contributed by atoms with Crippen LogP contribution in [-0.4, -0.2) is 24.1 Å². The second-order valence-electron chi connectivity index (χ2n) is 5.52. The third-order valence-electron chi connectivity index (χ3n) is 3.74. The Kier molecular flexibility index (Phi) is 3.51. The van der Waals surface area contributed by atoms with Gasteiger partial charge in [-0.3, -0.25) is 0 Å². The van der Waals surface area contributed by atoms with Gasteiger partial charge in [0.15, 0.2) is 11.6 Å². The third-order valence-corrected chi connectivity index (χ3v) is 3.74. The first kappa shape index (κ1) is 12.6. The predicted octanol–water partition coefficient (Wildman–Crippen LogP) is 2.63. The summed E-state index contributed by atoms with van der Waals surface area (Å²) < 4.78 is 14.5. The number of hydrogen-bond acceptors (Lipinski definition) is 3. The zero-order valence-corrected chi connectivity index (χ0v) is 11.3. The second-order valence-corrected chi connectivity index (χ2v) is 5.52. The summed E-state index contributed by atoms with van der Waals surface area (Å²) in [6, 6.07) is 2.37. The van der Waals surface area contributed by atoms with E-state index in [4.69, 9.17) is 0 Å². The summed E-state index contributed by atoms with van der Waals surface area (Å²) in [5.74, 6) is 0.341. The molecule has 1 saturated carbocycles. The lowest BCUT2D eigenvalue weighted by Crippen LogP contribution is -2.31. The van der Waals surface area contributed by atoms with Gasteiger partial charge in [0.05, 0.1) is 0 Å². The van der Waals surface area contributed by atoms with Crippen molar-refractivity contribution in [1.29, 1.82) is 0 Å².